The van der Waals surface area contributed by atoms with Crippen LogP contribution in [-0.4, -0.2) is 50.8 Å². The van der Waals surface area contributed by atoms with Crippen molar-refractivity contribution in [1.29, 1.82) is 0 Å². The van der Waals surface area contributed by atoms with Crippen LogP contribution in [0, 0.1) is 5.82 Å². The molecule has 0 radical (unpaired) electrons. The van der Waals surface area contributed by atoms with Crippen molar-refractivity contribution in [3.05, 3.63) is 53.2 Å². The third kappa shape index (κ3) is 4.94. The van der Waals surface area contributed by atoms with Gasteiger partial charge in [-0.2, -0.15) is 0 Å². The summed E-state index contributed by atoms with van der Waals surface area (Å²) in [5, 5.41) is 4.12. The van der Waals surface area contributed by atoms with E-state index in [1.807, 2.05) is 0 Å². The lowest BCUT2D eigenvalue weighted by atomic mass is 10.1. The molecule has 1 saturated heterocycles. The summed E-state index contributed by atoms with van der Waals surface area (Å²) >= 11 is 1.15. The van der Waals surface area contributed by atoms with Crippen LogP contribution in [-0.2, 0) is 14.8 Å². The Kier molecular flexibility index (Phi) is 6.42. The number of sulfonamides is 1. The Balaban J connectivity index is 1.46. The number of carbonyl (C=O) groups is 2. The lowest BCUT2D eigenvalue weighted by molar-refractivity contribution is -0.131. The molecule has 2 heterocycles. The van der Waals surface area contributed by atoms with E-state index in [9.17, 15) is 22.4 Å². The Hall–Kier alpha value is -2.30. The maximum atomic E-state index is 13.6. The quantitative estimate of drug-likeness (QED) is 0.735. The maximum absolute atomic E-state index is 13.6. The first-order valence-corrected chi connectivity index (χ1v) is 11.1. The normalized spacial score (nSPS) is 15.4. The van der Waals surface area contributed by atoms with E-state index >= 15 is 0 Å². The van der Waals surface area contributed by atoms with Crippen LogP contribution >= 0.6 is 11.3 Å². The first-order chi connectivity index (χ1) is 13.4. The van der Waals surface area contributed by atoms with Crippen molar-refractivity contribution in [2.24, 2.45) is 0 Å². The first kappa shape index (κ1) is 20.4. The van der Waals surface area contributed by atoms with Crippen molar-refractivity contribution in [1.82, 2.24) is 14.9 Å². The molecule has 7 nitrogen and oxygen atoms in total. The van der Waals surface area contributed by atoms with Crippen LogP contribution < -0.4 is 10.0 Å². The summed E-state index contributed by atoms with van der Waals surface area (Å²) < 4.78 is 41.0. The molecule has 0 atom stereocenters. The molecule has 1 aromatic carbocycles. The molecular weight excluding hydrogens is 405 g/mol. The molecule has 1 aromatic heterocycles. The molecule has 0 saturated carbocycles. The minimum atomic E-state index is -3.54. The van der Waals surface area contributed by atoms with Gasteiger partial charge in [0.05, 0.1) is 12.1 Å². The predicted octanol–water partition coefficient (Wildman–Crippen LogP) is 1.59. The number of likely N-dealkylation sites (tertiary alicyclic amines) is 1. The monoisotopic (exact) mass is 425 g/mol. The fourth-order valence-electron chi connectivity index (χ4n) is 2.95. The number of rotatable bonds is 6. The minimum absolute atomic E-state index is 0.114. The van der Waals surface area contributed by atoms with Crippen molar-refractivity contribution in [3.63, 3.8) is 0 Å². The van der Waals surface area contributed by atoms with Gasteiger partial charge in [-0.25, -0.2) is 17.5 Å². The molecule has 3 rings (SSSR count). The molecule has 2 aromatic rings. The molecule has 1 fully saturated rings. The van der Waals surface area contributed by atoms with Gasteiger partial charge in [-0.3, -0.25) is 9.59 Å². The van der Waals surface area contributed by atoms with Crippen LogP contribution in [0.3, 0.4) is 0 Å². The van der Waals surface area contributed by atoms with Gasteiger partial charge < -0.3 is 10.2 Å². The summed E-state index contributed by atoms with van der Waals surface area (Å²) in [6.07, 6.45) is 0.967. The van der Waals surface area contributed by atoms with Crippen LogP contribution in [0.4, 0.5) is 4.39 Å². The summed E-state index contributed by atoms with van der Waals surface area (Å²) in [7, 11) is -3.54. The number of piperidine rings is 1. The van der Waals surface area contributed by atoms with E-state index in [1.165, 1.54) is 18.2 Å². The van der Waals surface area contributed by atoms with Gasteiger partial charge in [-0.1, -0.05) is 18.2 Å². The fourth-order valence-corrected chi connectivity index (χ4v) is 5.26. The Bertz CT molecular complexity index is 940. The molecule has 10 heteroatoms. The summed E-state index contributed by atoms with van der Waals surface area (Å²) in [5.74, 6) is -1.58. The van der Waals surface area contributed by atoms with Crippen LogP contribution in [0.5, 0.6) is 0 Å². The lowest BCUT2D eigenvalue weighted by Gasteiger charge is -2.32. The lowest BCUT2D eigenvalue weighted by Crippen LogP contribution is -2.48. The average molecular weight is 426 g/mol. The fraction of sp³-hybridized carbons (Fsp3) is 0.333. The first-order valence-electron chi connectivity index (χ1n) is 8.73. The second-order valence-corrected chi connectivity index (χ2v) is 9.26. The number of halogens is 1. The molecule has 150 valence electrons. The minimum Gasteiger partial charge on any atom is -0.343 e. The van der Waals surface area contributed by atoms with Gasteiger partial charge in [-0.15, -0.1) is 11.3 Å². The number of hydrogen-bond acceptors (Lipinski definition) is 5. The highest BCUT2D eigenvalue weighted by Gasteiger charge is 2.27. The zero-order chi connectivity index (χ0) is 20.1. The van der Waals surface area contributed by atoms with E-state index in [2.05, 4.69) is 10.0 Å². The topological polar surface area (TPSA) is 95.6 Å². The molecule has 0 bridgehead atoms. The summed E-state index contributed by atoms with van der Waals surface area (Å²) in [4.78, 5) is 25.8. The summed E-state index contributed by atoms with van der Waals surface area (Å²) in [6.45, 7) is 0.525. The number of nitrogens with one attached hydrogen (secondary N) is 2. The molecule has 0 spiro atoms. The largest absolute Gasteiger partial charge is 0.343 e. The molecule has 0 unspecified atom stereocenters. The Morgan fingerprint density at radius 2 is 1.86 bits per heavy atom. The maximum Gasteiger partial charge on any atom is 0.254 e. The van der Waals surface area contributed by atoms with Crippen LogP contribution in [0.25, 0.3) is 0 Å². The molecule has 2 amide bonds. The van der Waals surface area contributed by atoms with Crippen LogP contribution in [0.1, 0.15) is 23.2 Å². The van der Waals surface area contributed by atoms with E-state index in [0.717, 1.165) is 11.3 Å². The second-order valence-electron chi connectivity index (χ2n) is 6.37. The number of carbonyl (C=O) groups excluding carboxylic acids is 2. The highest BCUT2D eigenvalue weighted by molar-refractivity contribution is 7.91. The Labute approximate surface area is 166 Å². The van der Waals surface area contributed by atoms with Crippen molar-refractivity contribution in [2.45, 2.75) is 23.1 Å². The van der Waals surface area contributed by atoms with E-state index < -0.39 is 21.7 Å². The second kappa shape index (κ2) is 8.80. The van der Waals surface area contributed by atoms with Gasteiger partial charge in [0.15, 0.2) is 0 Å². The summed E-state index contributed by atoms with van der Waals surface area (Å²) in [5.41, 5.74) is -0.114. The zero-order valence-electron chi connectivity index (χ0n) is 14.9. The molecular formula is C18H20FN3O4S2. The predicted molar refractivity (Wildman–Crippen MR) is 103 cm³/mol. The van der Waals surface area contributed by atoms with Gasteiger partial charge in [0.1, 0.15) is 10.0 Å². The van der Waals surface area contributed by atoms with Crippen LogP contribution in [0.15, 0.2) is 46.0 Å². The zero-order valence-corrected chi connectivity index (χ0v) is 16.6. The molecule has 0 aliphatic carbocycles. The van der Waals surface area contributed by atoms with Crippen molar-refractivity contribution in [3.8, 4) is 0 Å². The number of amides is 2. The van der Waals surface area contributed by atoms with Gasteiger partial charge in [0.25, 0.3) is 5.91 Å². The van der Waals surface area contributed by atoms with Gasteiger partial charge in [-0.05, 0) is 36.4 Å². The smallest absolute Gasteiger partial charge is 0.254 e. The third-order valence-electron chi connectivity index (χ3n) is 4.45. The number of benzene rings is 1. The highest BCUT2D eigenvalue weighted by Crippen LogP contribution is 2.18. The van der Waals surface area contributed by atoms with Crippen molar-refractivity contribution >= 4 is 33.2 Å². The molecule has 1 aliphatic heterocycles. The number of hydrogen-bond donors (Lipinski definition) is 2. The van der Waals surface area contributed by atoms with E-state index in [0.29, 0.717) is 25.9 Å². The van der Waals surface area contributed by atoms with E-state index in [4.69, 9.17) is 0 Å². The van der Waals surface area contributed by atoms with Gasteiger partial charge in [0.2, 0.25) is 15.9 Å². The summed E-state index contributed by atoms with van der Waals surface area (Å²) in [6, 6.07) is 8.53. The average Bonchev–Trinajstić information content (AvgIpc) is 3.22. The molecule has 28 heavy (non-hydrogen) atoms. The van der Waals surface area contributed by atoms with Gasteiger partial charge >= 0.3 is 0 Å². The van der Waals surface area contributed by atoms with Crippen LogP contribution in [0.2, 0.25) is 0 Å². The third-order valence-corrected chi connectivity index (χ3v) is 7.37. The number of nitrogens with zero attached hydrogens (tertiary/aromatic N) is 1. The van der Waals surface area contributed by atoms with Gasteiger partial charge in [0, 0.05) is 19.1 Å². The van der Waals surface area contributed by atoms with E-state index in [1.54, 1.807) is 28.5 Å². The van der Waals surface area contributed by atoms with Crippen molar-refractivity contribution < 1.29 is 22.4 Å². The SMILES string of the molecule is O=C(NCC(=O)N1CCC(NS(=O)(=O)c2cccs2)CC1)c1ccccc1F. The van der Waals surface area contributed by atoms with Crippen molar-refractivity contribution in [2.75, 3.05) is 19.6 Å². The standard InChI is InChI=1S/C18H20FN3O4S2/c19-15-5-2-1-4-14(15)18(24)20-12-16(23)22-9-7-13(8-10-22)21-28(25,26)17-6-3-11-27-17/h1-6,11,13,21H,7-10,12H2,(H,20,24). The number of thiophene rings is 1. The Morgan fingerprint density at radius 1 is 1.14 bits per heavy atom. The molecule has 2 N–H and O–H groups in total. The molecule has 1 aliphatic rings. The highest BCUT2D eigenvalue weighted by atomic mass is 32.2. The Morgan fingerprint density at radius 3 is 2.50 bits per heavy atom. The van der Waals surface area contributed by atoms with E-state index in [-0.39, 0.29) is 28.3 Å².